The molecule has 6 nitrogen and oxygen atoms in total. The minimum Gasteiger partial charge on any atom is -0.258 e. The second-order valence-corrected chi connectivity index (χ2v) is 9.55. The van der Waals surface area contributed by atoms with E-state index in [0.717, 1.165) is 11.1 Å². The first kappa shape index (κ1) is 20.3. The van der Waals surface area contributed by atoms with Crippen molar-refractivity contribution in [2.75, 3.05) is 0 Å². The highest BCUT2D eigenvalue weighted by molar-refractivity contribution is 7.89. The SMILES string of the molecule is CC(C)[C@H](c1ccccc1)N1Cc2ccccc2-c2cccc([N+](=O)[O-])c2S1(=O)=O. The van der Waals surface area contributed by atoms with Crippen LogP contribution in [0.3, 0.4) is 0 Å². The van der Waals surface area contributed by atoms with Crippen molar-refractivity contribution in [1.82, 2.24) is 4.31 Å². The number of fused-ring (bicyclic) bond motifs is 3. The Hall–Kier alpha value is -3.03. The van der Waals surface area contributed by atoms with Crippen LogP contribution >= 0.6 is 0 Å². The Morgan fingerprint density at radius 1 is 0.900 bits per heavy atom. The third-order valence-electron chi connectivity index (χ3n) is 5.47. The molecular weight excluding hydrogens is 400 g/mol. The van der Waals surface area contributed by atoms with Crippen LogP contribution in [-0.4, -0.2) is 17.6 Å². The second-order valence-electron chi connectivity index (χ2n) is 7.72. The predicted molar refractivity (Wildman–Crippen MR) is 115 cm³/mol. The molecule has 0 amide bonds. The van der Waals surface area contributed by atoms with Gasteiger partial charge >= 0.3 is 0 Å². The summed E-state index contributed by atoms with van der Waals surface area (Å²) in [4.78, 5) is 10.9. The fraction of sp³-hybridized carbons (Fsp3) is 0.217. The second kappa shape index (κ2) is 7.66. The van der Waals surface area contributed by atoms with Gasteiger partial charge in [-0.1, -0.05) is 80.6 Å². The van der Waals surface area contributed by atoms with Gasteiger partial charge < -0.3 is 0 Å². The third kappa shape index (κ3) is 3.30. The van der Waals surface area contributed by atoms with Crippen LogP contribution in [-0.2, 0) is 16.6 Å². The first-order valence-electron chi connectivity index (χ1n) is 9.75. The summed E-state index contributed by atoms with van der Waals surface area (Å²) in [5, 5.41) is 11.8. The van der Waals surface area contributed by atoms with Gasteiger partial charge in [-0.2, -0.15) is 4.31 Å². The summed E-state index contributed by atoms with van der Waals surface area (Å²) in [6.45, 7) is 4.07. The van der Waals surface area contributed by atoms with E-state index in [0.29, 0.717) is 11.1 Å². The molecule has 0 saturated heterocycles. The number of hydrogen-bond donors (Lipinski definition) is 0. The van der Waals surface area contributed by atoms with Crippen LogP contribution in [0.5, 0.6) is 0 Å². The summed E-state index contributed by atoms with van der Waals surface area (Å²) in [5.41, 5.74) is 2.36. The van der Waals surface area contributed by atoms with Crippen molar-refractivity contribution >= 4 is 15.7 Å². The zero-order valence-electron chi connectivity index (χ0n) is 16.7. The van der Waals surface area contributed by atoms with Crippen molar-refractivity contribution in [3.05, 3.63) is 94.0 Å². The van der Waals surface area contributed by atoms with Crippen LogP contribution in [0.1, 0.15) is 31.0 Å². The van der Waals surface area contributed by atoms with E-state index < -0.39 is 26.7 Å². The zero-order chi connectivity index (χ0) is 21.5. The first-order chi connectivity index (χ1) is 14.3. The quantitative estimate of drug-likeness (QED) is 0.429. The van der Waals surface area contributed by atoms with Crippen LogP contribution in [0, 0.1) is 16.0 Å². The van der Waals surface area contributed by atoms with Gasteiger partial charge in [0.1, 0.15) is 0 Å². The summed E-state index contributed by atoms with van der Waals surface area (Å²) >= 11 is 0. The van der Waals surface area contributed by atoms with Gasteiger partial charge in [0, 0.05) is 18.2 Å². The van der Waals surface area contributed by atoms with E-state index in [-0.39, 0.29) is 17.4 Å². The van der Waals surface area contributed by atoms with Crippen molar-refractivity contribution in [2.24, 2.45) is 5.92 Å². The molecule has 7 heteroatoms. The van der Waals surface area contributed by atoms with Crippen molar-refractivity contribution in [1.29, 1.82) is 0 Å². The van der Waals surface area contributed by atoms with Gasteiger partial charge in [0.25, 0.3) is 15.7 Å². The van der Waals surface area contributed by atoms with Gasteiger partial charge in [0.05, 0.1) is 11.0 Å². The first-order valence-corrected chi connectivity index (χ1v) is 11.2. The lowest BCUT2D eigenvalue weighted by Gasteiger charge is -2.33. The number of nitro benzene ring substituents is 1. The van der Waals surface area contributed by atoms with Crippen molar-refractivity contribution in [3.8, 4) is 11.1 Å². The molecule has 1 atom stereocenters. The topological polar surface area (TPSA) is 80.5 Å². The molecule has 0 N–H and O–H groups in total. The summed E-state index contributed by atoms with van der Waals surface area (Å²) in [5.74, 6) is -0.0429. The maximum atomic E-state index is 14.0. The molecule has 0 aliphatic carbocycles. The van der Waals surface area contributed by atoms with E-state index in [1.165, 1.54) is 16.4 Å². The lowest BCUT2D eigenvalue weighted by atomic mass is 9.94. The minimum absolute atomic E-state index is 0.0429. The third-order valence-corrected chi connectivity index (χ3v) is 7.39. The van der Waals surface area contributed by atoms with Crippen LogP contribution in [0.25, 0.3) is 11.1 Å². The molecule has 0 saturated carbocycles. The van der Waals surface area contributed by atoms with Crippen LogP contribution in [0.4, 0.5) is 5.69 Å². The predicted octanol–water partition coefficient (Wildman–Crippen LogP) is 5.16. The molecule has 30 heavy (non-hydrogen) atoms. The molecule has 154 valence electrons. The van der Waals surface area contributed by atoms with Gasteiger partial charge in [-0.25, -0.2) is 8.42 Å². The van der Waals surface area contributed by atoms with Gasteiger partial charge in [-0.3, -0.25) is 10.1 Å². The molecule has 0 aromatic heterocycles. The molecule has 0 unspecified atom stereocenters. The highest BCUT2D eigenvalue weighted by atomic mass is 32.2. The molecule has 3 aromatic carbocycles. The smallest absolute Gasteiger partial charge is 0.258 e. The fourth-order valence-corrected chi connectivity index (χ4v) is 6.30. The molecule has 1 aliphatic rings. The van der Waals surface area contributed by atoms with Gasteiger partial charge in [0.15, 0.2) is 4.90 Å². The Balaban J connectivity index is 2.05. The maximum absolute atomic E-state index is 14.0. The van der Waals surface area contributed by atoms with Crippen LogP contribution in [0.2, 0.25) is 0 Å². The number of hydrogen-bond acceptors (Lipinski definition) is 4. The number of nitrogens with zero attached hydrogens (tertiary/aromatic N) is 2. The number of benzene rings is 3. The Morgan fingerprint density at radius 3 is 2.20 bits per heavy atom. The summed E-state index contributed by atoms with van der Waals surface area (Å²) < 4.78 is 29.3. The lowest BCUT2D eigenvalue weighted by Crippen LogP contribution is -2.36. The molecule has 0 radical (unpaired) electrons. The summed E-state index contributed by atoms with van der Waals surface area (Å²) in [6, 6.07) is 20.8. The van der Waals surface area contributed by atoms with Gasteiger partial charge in [-0.05, 0) is 22.6 Å². The molecular formula is C23H22N2O4S. The van der Waals surface area contributed by atoms with E-state index in [1.54, 1.807) is 6.07 Å². The summed E-state index contributed by atoms with van der Waals surface area (Å²) in [6.07, 6.45) is 0. The molecule has 1 aliphatic heterocycles. The molecule has 0 spiro atoms. The fourth-order valence-electron chi connectivity index (χ4n) is 4.22. The maximum Gasteiger partial charge on any atom is 0.290 e. The molecule has 0 bridgehead atoms. The highest BCUT2D eigenvalue weighted by Gasteiger charge is 2.42. The van der Waals surface area contributed by atoms with Crippen LogP contribution < -0.4 is 0 Å². The van der Waals surface area contributed by atoms with E-state index in [2.05, 4.69) is 0 Å². The van der Waals surface area contributed by atoms with E-state index in [1.807, 2.05) is 68.4 Å². The highest BCUT2D eigenvalue weighted by Crippen LogP contribution is 2.45. The average molecular weight is 423 g/mol. The number of rotatable bonds is 4. The van der Waals surface area contributed by atoms with Crippen molar-refractivity contribution in [2.45, 2.75) is 31.3 Å². The molecule has 4 rings (SSSR count). The molecule has 1 heterocycles. The minimum atomic E-state index is -4.16. The van der Waals surface area contributed by atoms with Crippen LogP contribution in [0.15, 0.2) is 77.7 Å². The Labute approximate surface area is 176 Å². The van der Waals surface area contributed by atoms with Crippen molar-refractivity contribution in [3.63, 3.8) is 0 Å². The monoisotopic (exact) mass is 422 g/mol. The molecule has 3 aromatic rings. The van der Waals surface area contributed by atoms with E-state index in [9.17, 15) is 18.5 Å². The largest absolute Gasteiger partial charge is 0.290 e. The normalized spacial score (nSPS) is 16.4. The van der Waals surface area contributed by atoms with E-state index >= 15 is 0 Å². The Morgan fingerprint density at radius 2 is 1.53 bits per heavy atom. The number of sulfonamides is 1. The van der Waals surface area contributed by atoms with Gasteiger partial charge in [-0.15, -0.1) is 0 Å². The summed E-state index contributed by atoms with van der Waals surface area (Å²) in [7, 11) is -4.16. The average Bonchev–Trinajstić information content (AvgIpc) is 2.82. The Bertz CT molecular complexity index is 1210. The van der Waals surface area contributed by atoms with E-state index in [4.69, 9.17) is 0 Å². The Kier molecular flexibility index (Phi) is 5.17. The lowest BCUT2D eigenvalue weighted by molar-refractivity contribution is -0.387. The zero-order valence-corrected chi connectivity index (χ0v) is 17.5. The van der Waals surface area contributed by atoms with Gasteiger partial charge in [0.2, 0.25) is 0 Å². The standard InChI is InChI=1S/C23H22N2O4S/c1-16(2)22(17-9-4-3-5-10-17)24-15-18-11-6-7-12-19(18)20-13-8-14-21(25(26)27)23(20)30(24,28)29/h3-14,16,22H,15H2,1-2H3/t22-/m1/s1. The molecule has 0 fully saturated rings. The van der Waals surface area contributed by atoms with Crippen molar-refractivity contribution < 1.29 is 13.3 Å². The number of nitro groups is 1.